The maximum atomic E-state index is 13.4. The zero-order chi connectivity index (χ0) is 19.6. The number of rotatable bonds is 4. The van der Waals surface area contributed by atoms with E-state index in [0.717, 1.165) is 18.9 Å². The molecule has 144 valence electrons. The van der Waals surface area contributed by atoms with Crippen LogP contribution in [0.2, 0.25) is 0 Å². The lowest BCUT2D eigenvalue weighted by Gasteiger charge is -2.30. The zero-order valence-electron chi connectivity index (χ0n) is 15.0. The Kier molecular flexibility index (Phi) is 5.48. The van der Waals surface area contributed by atoms with E-state index in [-0.39, 0.29) is 22.4 Å². The number of nitrogens with zero attached hydrogens (tertiary/aromatic N) is 1. The molecule has 3 rings (SSSR count). The Morgan fingerprint density at radius 1 is 1.15 bits per heavy atom. The molecule has 1 fully saturated rings. The van der Waals surface area contributed by atoms with Crippen LogP contribution in [0.15, 0.2) is 47.4 Å². The lowest BCUT2D eigenvalue weighted by atomic mass is 10.0. The number of anilines is 1. The van der Waals surface area contributed by atoms with Crippen molar-refractivity contribution in [1.82, 2.24) is 4.90 Å². The van der Waals surface area contributed by atoms with Crippen molar-refractivity contribution in [2.24, 2.45) is 5.73 Å². The Balaban J connectivity index is 1.71. The van der Waals surface area contributed by atoms with Gasteiger partial charge in [-0.25, -0.2) is 12.8 Å². The minimum absolute atomic E-state index is 0.0220. The van der Waals surface area contributed by atoms with Crippen molar-refractivity contribution in [2.45, 2.75) is 30.7 Å². The summed E-state index contributed by atoms with van der Waals surface area (Å²) in [7, 11) is -3.84. The van der Waals surface area contributed by atoms with Gasteiger partial charge in [0.2, 0.25) is 0 Å². The van der Waals surface area contributed by atoms with Crippen LogP contribution in [0.5, 0.6) is 0 Å². The molecule has 3 N–H and O–H groups in total. The quantitative estimate of drug-likeness (QED) is 0.838. The van der Waals surface area contributed by atoms with Crippen LogP contribution in [0.25, 0.3) is 0 Å². The molecule has 0 atom stereocenters. The van der Waals surface area contributed by atoms with Gasteiger partial charge in [-0.05, 0) is 67.8 Å². The Hall–Kier alpha value is -2.45. The van der Waals surface area contributed by atoms with E-state index in [4.69, 9.17) is 5.73 Å². The summed E-state index contributed by atoms with van der Waals surface area (Å²) >= 11 is 0. The summed E-state index contributed by atoms with van der Waals surface area (Å²) in [5.41, 5.74) is 6.93. The fraction of sp³-hybridized carbons (Fsp3) is 0.316. The van der Waals surface area contributed by atoms with Crippen LogP contribution >= 0.6 is 0 Å². The van der Waals surface area contributed by atoms with Crippen molar-refractivity contribution >= 4 is 21.6 Å². The molecule has 1 amide bonds. The maximum Gasteiger partial charge on any atom is 0.261 e. The topological polar surface area (TPSA) is 92.5 Å². The molecule has 2 aromatic rings. The predicted molar refractivity (Wildman–Crippen MR) is 102 cm³/mol. The number of benzene rings is 2. The average molecular weight is 391 g/mol. The Morgan fingerprint density at radius 2 is 1.78 bits per heavy atom. The van der Waals surface area contributed by atoms with Crippen LogP contribution in [0.4, 0.5) is 10.1 Å². The van der Waals surface area contributed by atoms with Crippen LogP contribution < -0.4 is 10.5 Å². The van der Waals surface area contributed by atoms with Crippen LogP contribution in [-0.2, 0) is 10.0 Å². The number of hydrogen-bond acceptors (Lipinski definition) is 4. The van der Waals surface area contributed by atoms with E-state index in [2.05, 4.69) is 4.72 Å². The Labute approximate surface area is 158 Å². The number of nitrogens with two attached hydrogens (primary N) is 1. The lowest BCUT2D eigenvalue weighted by Crippen LogP contribution is -2.42. The van der Waals surface area contributed by atoms with Gasteiger partial charge in [-0.1, -0.05) is 0 Å². The molecule has 0 aromatic heterocycles. The van der Waals surface area contributed by atoms with Crippen molar-refractivity contribution in [2.75, 3.05) is 17.8 Å². The third-order valence-electron chi connectivity index (χ3n) is 4.65. The molecule has 1 aliphatic rings. The molecule has 0 saturated carbocycles. The van der Waals surface area contributed by atoms with Gasteiger partial charge < -0.3 is 10.6 Å². The summed E-state index contributed by atoms with van der Waals surface area (Å²) < 4.78 is 40.7. The van der Waals surface area contributed by atoms with Crippen molar-refractivity contribution in [1.29, 1.82) is 0 Å². The summed E-state index contributed by atoms with van der Waals surface area (Å²) in [5.74, 6) is -0.555. The number of nitrogens with one attached hydrogen (secondary N) is 1. The Morgan fingerprint density at radius 3 is 2.37 bits per heavy atom. The van der Waals surface area contributed by atoms with Crippen LogP contribution in [-0.4, -0.2) is 38.4 Å². The molecule has 0 spiro atoms. The number of likely N-dealkylation sites (tertiary alicyclic amines) is 1. The van der Waals surface area contributed by atoms with Gasteiger partial charge in [0.1, 0.15) is 5.82 Å². The van der Waals surface area contributed by atoms with Gasteiger partial charge in [0, 0.05) is 30.4 Å². The SMILES string of the molecule is Cc1cc(S(=O)(=O)Nc2ccc(C(=O)N3CCC(N)CC3)cc2)ccc1F. The highest BCUT2D eigenvalue weighted by molar-refractivity contribution is 7.92. The highest BCUT2D eigenvalue weighted by atomic mass is 32.2. The molecule has 1 aliphatic heterocycles. The first-order chi connectivity index (χ1) is 12.8. The molecule has 1 heterocycles. The monoisotopic (exact) mass is 391 g/mol. The third-order valence-corrected chi connectivity index (χ3v) is 6.03. The molecular formula is C19H22FN3O3S. The molecule has 2 aromatic carbocycles. The summed E-state index contributed by atoms with van der Waals surface area (Å²) in [5, 5.41) is 0. The van der Waals surface area contributed by atoms with Crippen LogP contribution in [0.1, 0.15) is 28.8 Å². The van der Waals surface area contributed by atoms with Gasteiger partial charge in [0.25, 0.3) is 15.9 Å². The molecule has 1 saturated heterocycles. The van der Waals surface area contributed by atoms with Gasteiger partial charge in [0.05, 0.1) is 4.90 Å². The number of aryl methyl sites for hydroxylation is 1. The molecule has 8 heteroatoms. The van der Waals surface area contributed by atoms with Crippen molar-refractivity contribution in [3.63, 3.8) is 0 Å². The van der Waals surface area contributed by atoms with Crippen molar-refractivity contribution < 1.29 is 17.6 Å². The van der Waals surface area contributed by atoms with Gasteiger partial charge in [-0.2, -0.15) is 0 Å². The second-order valence-electron chi connectivity index (χ2n) is 6.72. The number of piperidine rings is 1. The fourth-order valence-electron chi connectivity index (χ4n) is 2.96. The summed E-state index contributed by atoms with van der Waals surface area (Å²) in [6.07, 6.45) is 1.56. The first-order valence-electron chi connectivity index (χ1n) is 8.70. The summed E-state index contributed by atoms with van der Waals surface area (Å²) in [4.78, 5) is 14.2. The van der Waals surface area contributed by atoms with Gasteiger partial charge >= 0.3 is 0 Å². The third kappa shape index (κ3) is 4.45. The van der Waals surface area contributed by atoms with E-state index in [1.165, 1.54) is 31.2 Å². The molecule has 0 bridgehead atoms. The van der Waals surface area contributed by atoms with E-state index in [9.17, 15) is 17.6 Å². The first kappa shape index (κ1) is 19.3. The number of hydrogen-bond donors (Lipinski definition) is 2. The molecule has 6 nitrogen and oxygen atoms in total. The summed E-state index contributed by atoms with van der Waals surface area (Å²) in [6, 6.07) is 10.0. The lowest BCUT2D eigenvalue weighted by molar-refractivity contribution is 0.0715. The maximum absolute atomic E-state index is 13.4. The smallest absolute Gasteiger partial charge is 0.261 e. The van der Waals surface area contributed by atoms with E-state index in [1.54, 1.807) is 17.0 Å². The minimum atomic E-state index is -3.84. The Bertz CT molecular complexity index is 937. The van der Waals surface area contributed by atoms with E-state index in [1.807, 2.05) is 0 Å². The average Bonchev–Trinajstić information content (AvgIpc) is 2.64. The number of carbonyl (C=O) groups excluding carboxylic acids is 1. The van der Waals surface area contributed by atoms with Gasteiger partial charge in [-0.3, -0.25) is 9.52 Å². The number of halogens is 1. The van der Waals surface area contributed by atoms with E-state index >= 15 is 0 Å². The van der Waals surface area contributed by atoms with E-state index in [0.29, 0.717) is 24.3 Å². The molecule has 27 heavy (non-hydrogen) atoms. The molecule has 0 unspecified atom stereocenters. The molecule has 0 radical (unpaired) electrons. The number of carbonyl (C=O) groups is 1. The number of sulfonamides is 1. The normalized spacial score (nSPS) is 15.6. The molecule has 0 aliphatic carbocycles. The largest absolute Gasteiger partial charge is 0.339 e. The highest BCUT2D eigenvalue weighted by Crippen LogP contribution is 2.20. The van der Waals surface area contributed by atoms with E-state index < -0.39 is 15.8 Å². The number of amides is 1. The minimum Gasteiger partial charge on any atom is -0.339 e. The molecular weight excluding hydrogens is 369 g/mol. The summed E-state index contributed by atoms with van der Waals surface area (Å²) in [6.45, 7) is 2.75. The second-order valence-corrected chi connectivity index (χ2v) is 8.41. The standard InChI is InChI=1S/C19H22FN3O3S/c1-13-12-17(6-7-18(13)20)27(25,26)22-16-4-2-14(3-5-16)19(24)23-10-8-15(21)9-11-23/h2-7,12,15,22H,8-11,21H2,1H3. The highest BCUT2D eigenvalue weighted by Gasteiger charge is 2.22. The second kappa shape index (κ2) is 7.66. The first-order valence-corrected chi connectivity index (χ1v) is 10.2. The predicted octanol–water partition coefficient (Wildman–Crippen LogP) is 2.50. The van der Waals surface area contributed by atoms with Crippen molar-refractivity contribution in [3.05, 3.63) is 59.4 Å². The van der Waals surface area contributed by atoms with Crippen molar-refractivity contribution in [3.8, 4) is 0 Å². The van der Waals surface area contributed by atoms with Crippen LogP contribution in [0.3, 0.4) is 0 Å². The fourth-order valence-corrected chi connectivity index (χ4v) is 4.11. The van der Waals surface area contributed by atoms with Gasteiger partial charge in [0.15, 0.2) is 0 Å². The van der Waals surface area contributed by atoms with Gasteiger partial charge in [-0.15, -0.1) is 0 Å². The zero-order valence-corrected chi connectivity index (χ0v) is 15.8. The van der Waals surface area contributed by atoms with Crippen LogP contribution in [0, 0.1) is 12.7 Å².